The summed E-state index contributed by atoms with van der Waals surface area (Å²) in [7, 11) is 0. The third-order valence-electron chi connectivity index (χ3n) is 14.3. The second-order valence-corrected chi connectivity index (χ2v) is 20.4. The molecule has 2 rings (SSSR count). The van der Waals surface area contributed by atoms with Crippen LogP contribution < -0.4 is 5.32 Å². The number of amides is 1. The van der Waals surface area contributed by atoms with Crippen molar-refractivity contribution in [2.24, 2.45) is 0 Å². The lowest BCUT2D eigenvalue weighted by atomic mass is 9.97. The maximum absolute atomic E-state index is 13.1. The van der Waals surface area contributed by atoms with Crippen LogP contribution in [0.3, 0.4) is 0 Å². The molecule has 2 heterocycles. The Labute approximate surface area is 413 Å². The summed E-state index contributed by atoms with van der Waals surface area (Å²) in [4.78, 5) is 13.1. The quantitative estimate of drug-likeness (QED) is 0.0261. The van der Waals surface area contributed by atoms with Crippen LogP contribution in [0.2, 0.25) is 0 Å². The van der Waals surface area contributed by atoms with Crippen LogP contribution in [0.25, 0.3) is 0 Å². The zero-order valence-corrected chi connectivity index (χ0v) is 43.1. The summed E-state index contributed by atoms with van der Waals surface area (Å²) in [5.41, 5.74) is 0. The van der Waals surface area contributed by atoms with E-state index in [0.29, 0.717) is 12.8 Å². The summed E-state index contributed by atoms with van der Waals surface area (Å²) in [5.74, 6) is -0.210. The number of aliphatic hydroxyl groups excluding tert-OH is 8. The number of unbranched alkanes of at least 4 members (excludes halogenated alkanes) is 32. The van der Waals surface area contributed by atoms with Gasteiger partial charge in [-0.1, -0.05) is 226 Å². The Bertz CT molecular complexity index is 1150. The Morgan fingerprint density at radius 1 is 0.471 bits per heavy atom. The van der Waals surface area contributed by atoms with Gasteiger partial charge in [-0.15, -0.1) is 0 Å². The Hall–Kier alpha value is -1.01. The maximum atomic E-state index is 13.1. The van der Waals surface area contributed by atoms with Crippen molar-refractivity contribution in [3.05, 3.63) is 0 Å². The van der Waals surface area contributed by atoms with Crippen molar-refractivity contribution in [2.75, 3.05) is 19.8 Å². The molecular weight excluding hydrogens is 871 g/mol. The molecule has 0 aromatic heterocycles. The van der Waals surface area contributed by atoms with Crippen molar-refractivity contribution in [1.29, 1.82) is 0 Å². The molecule has 0 aromatic carbocycles. The molecule has 14 nitrogen and oxygen atoms in total. The van der Waals surface area contributed by atoms with Crippen molar-refractivity contribution in [2.45, 2.75) is 319 Å². The fraction of sp³-hybridized carbons (Fsp3) is 0.981. The maximum Gasteiger partial charge on any atom is 0.220 e. The predicted octanol–water partition coefficient (Wildman–Crippen LogP) is 8.56. The molecule has 2 fully saturated rings. The van der Waals surface area contributed by atoms with Gasteiger partial charge in [0.25, 0.3) is 0 Å². The number of hydrogen-bond acceptors (Lipinski definition) is 13. The summed E-state index contributed by atoms with van der Waals surface area (Å²) in [6.45, 7) is 2.82. The van der Waals surface area contributed by atoms with Gasteiger partial charge in [-0.2, -0.15) is 0 Å². The van der Waals surface area contributed by atoms with E-state index in [2.05, 4.69) is 19.2 Å². The van der Waals surface area contributed by atoms with Gasteiger partial charge in [0.2, 0.25) is 5.91 Å². The van der Waals surface area contributed by atoms with Gasteiger partial charge in [-0.25, -0.2) is 0 Å². The first-order valence-electron chi connectivity index (χ1n) is 28.3. The van der Waals surface area contributed by atoms with Crippen LogP contribution >= 0.6 is 0 Å². The molecule has 0 spiro atoms. The lowest BCUT2D eigenvalue weighted by Crippen LogP contribution is -2.65. The molecule has 2 aliphatic heterocycles. The van der Waals surface area contributed by atoms with Crippen LogP contribution in [-0.4, -0.2) is 140 Å². The number of rotatable bonds is 45. The Morgan fingerprint density at radius 3 is 1.25 bits per heavy atom. The van der Waals surface area contributed by atoms with Crippen LogP contribution in [-0.2, 0) is 23.7 Å². The van der Waals surface area contributed by atoms with E-state index in [9.17, 15) is 45.6 Å². The second kappa shape index (κ2) is 41.5. The molecule has 1 amide bonds. The van der Waals surface area contributed by atoms with Crippen LogP contribution in [0.4, 0.5) is 0 Å². The van der Waals surface area contributed by atoms with Crippen LogP contribution in [0.5, 0.6) is 0 Å². The van der Waals surface area contributed by atoms with E-state index >= 15 is 0 Å². The topological polar surface area (TPSA) is 228 Å². The summed E-state index contributed by atoms with van der Waals surface area (Å²) in [6.07, 6.45) is 27.3. The van der Waals surface area contributed by atoms with E-state index in [-0.39, 0.29) is 12.5 Å². The largest absolute Gasteiger partial charge is 0.394 e. The number of carbonyl (C=O) groups is 1. The highest BCUT2D eigenvalue weighted by Crippen LogP contribution is 2.30. The highest BCUT2D eigenvalue weighted by Gasteiger charge is 2.51. The van der Waals surface area contributed by atoms with Gasteiger partial charge in [0, 0.05) is 6.42 Å². The van der Waals surface area contributed by atoms with Crippen molar-refractivity contribution in [3.8, 4) is 0 Å². The monoisotopic (exact) mass is 976 g/mol. The summed E-state index contributed by atoms with van der Waals surface area (Å²) >= 11 is 0. The first-order chi connectivity index (χ1) is 33.1. The minimum atomic E-state index is -1.78. The van der Waals surface area contributed by atoms with E-state index < -0.39 is 86.8 Å². The first-order valence-corrected chi connectivity index (χ1v) is 28.3. The standard InChI is InChI=1S/C54H105NO13/c1-3-5-7-9-11-12-13-14-15-16-17-18-19-20-21-22-23-24-25-26-27-28-29-30-32-33-35-37-43(58)42(55-46(59)38-36-34-31-10-8-6-4-2)41-65-53-51(64)49(62)52(45(40-57)67-53)68-54-50(63)48(61)47(60)44(39-56)66-54/h42-45,47-54,56-58,60-64H,3-41H2,1-2H3,(H,55,59). The van der Waals surface area contributed by atoms with E-state index in [0.717, 1.165) is 51.4 Å². The Kier molecular flexibility index (Phi) is 38.5. The van der Waals surface area contributed by atoms with Crippen molar-refractivity contribution in [3.63, 3.8) is 0 Å². The normalized spacial score (nSPS) is 26.3. The summed E-state index contributed by atoms with van der Waals surface area (Å²) in [5, 5.41) is 86.8. The highest BCUT2D eigenvalue weighted by atomic mass is 16.7. The number of aliphatic hydroxyl groups is 8. The molecule has 404 valence electrons. The van der Waals surface area contributed by atoms with Gasteiger partial charge in [0.15, 0.2) is 12.6 Å². The molecule has 2 aliphatic rings. The highest BCUT2D eigenvalue weighted by molar-refractivity contribution is 5.76. The van der Waals surface area contributed by atoms with Gasteiger partial charge in [-0.05, 0) is 12.8 Å². The van der Waals surface area contributed by atoms with Gasteiger partial charge >= 0.3 is 0 Å². The van der Waals surface area contributed by atoms with Crippen molar-refractivity contribution >= 4 is 5.91 Å². The average Bonchev–Trinajstić information content (AvgIpc) is 3.34. The molecule has 9 N–H and O–H groups in total. The van der Waals surface area contributed by atoms with E-state index in [1.54, 1.807) is 0 Å². The summed E-state index contributed by atoms with van der Waals surface area (Å²) in [6, 6.07) is -0.820. The third kappa shape index (κ3) is 27.7. The smallest absolute Gasteiger partial charge is 0.220 e. The van der Waals surface area contributed by atoms with Gasteiger partial charge < -0.3 is 65.1 Å². The van der Waals surface area contributed by atoms with E-state index in [1.807, 2.05) is 0 Å². The zero-order chi connectivity index (χ0) is 49.6. The molecule has 0 saturated carbocycles. The lowest BCUT2D eigenvalue weighted by Gasteiger charge is -2.46. The predicted molar refractivity (Wildman–Crippen MR) is 268 cm³/mol. The van der Waals surface area contributed by atoms with Crippen LogP contribution in [0, 0.1) is 0 Å². The lowest BCUT2D eigenvalue weighted by molar-refractivity contribution is -0.359. The second-order valence-electron chi connectivity index (χ2n) is 20.4. The van der Waals surface area contributed by atoms with Crippen molar-refractivity contribution in [1.82, 2.24) is 5.32 Å². The molecule has 0 aliphatic carbocycles. The molecule has 2 saturated heterocycles. The molecule has 68 heavy (non-hydrogen) atoms. The fourth-order valence-electron chi connectivity index (χ4n) is 9.71. The molecular formula is C54H105NO13. The average molecular weight is 976 g/mol. The summed E-state index contributed by atoms with van der Waals surface area (Å²) < 4.78 is 22.7. The van der Waals surface area contributed by atoms with Gasteiger partial charge in [0.1, 0.15) is 48.8 Å². The molecule has 12 atom stereocenters. The van der Waals surface area contributed by atoms with Crippen LogP contribution in [0.1, 0.15) is 245 Å². The van der Waals surface area contributed by atoms with Crippen molar-refractivity contribution < 1.29 is 64.6 Å². The molecule has 12 unspecified atom stereocenters. The minimum Gasteiger partial charge on any atom is -0.394 e. The number of nitrogens with one attached hydrogen (secondary N) is 1. The zero-order valence-electron chi connectivity index (χ0n) is 43.1. The number of carbonyl (C=O) groups excluding carboxylic acids is 1. The Balaban J connectivity index is 1.64. The molecule has 0 radical (unpaired) electrons. The number of hydrogen-bond donors (Lipinski definition) is 9. The molecule has 0 bridgehead atoms. The minimum absolute atomic E-state index is 0.210. The van der Waals surface area contributed by atoms with E-state index in [4.69, 9.17) is 18.9 Å². The molecule has 0 aromatic rings. The SMILES string of the molecule is CCCCCCCCCCCCCCCCCCCCCCCCCCCCCC(O)C(COC1OC(CO)C(OC2OC(CO)C(O)C(O)C2O)C(O)C1O)NC(=O)CCCCCCCCC. The fourth-order valence-corrected chi connectivity index (χ4v) is 9.71. The van der Waals surface area contributed by atoms with E-state index in [1.165, 1.54) is 167 Å². The van der Waals surface area contributed by atoms with Crippen LogP contribution in [0.15, 0.2) is 0 Å². The first kappa shape index (κ1) is 63.1. The third-order valence-corrected chi connectivity index (χ3v) is 14.3. The Morgan fingerprint density at radius 2 is 0.838 bits per heavy atom. The van der Waals surface area contributed by atoms with Gasteiger partial charge in [-0.3, -0.25) is 4.79 Å². The number of ether oxygens (including phenoxy) is 4. The molecule has 14 heteroatoms. The van der Waals surface area contributed by atoms with Gasteiger partial charge in [0.05, 0.1) is 32.0 Å².